The number of hydrogen-bond acceptors (Lipinski definition) is 3. The molecule has 1 heterocycles. The first kappa shape index (κ1) is 12.7. The Morgan fingerprint density at radius 2 is 1.73 bits per heavy atom. The van der Waals surface area contributed by atoms with E-state index in [0.717, 1.165) is 21.5 Å². The van der Waals surface area contributed by atoms with E-state index in [1.54, 1.807) is 6.07 Å². The van der Waals surface area contributed by atoms with Gasteiger partial charge >= 0.3 is 0 Å². The number of nitrogens with zero attached hydrogens (tertiary/aromatic N) is 1. The maximum absolute atomic E-state index is 12.6. The zero-order valence-electron chi connectivity index (χ0n) is 11.6. The number of ketones is 1. The van der Waals surface area contributed by atoms with Crippen LogP contribution in [-0.2, 0) is 4.79 Å². The van der Waals surface area contributed by atoms with Gasteiger partial charge in [0.1, 0.15) is 5.92 Å². The highest BCUT2D eigenvalue weighted by Crippen LogP contribution is 2.35. The first-order valence-corrected chi connectivity index (χ1v) is 6.98. The van der Waals surface area contributed by atoms with Crippen LogP contribution >= 0.6 is 0 Å². The summed E-state index contributed by atoms with van der Waals surface area (Å²) in [5.74, 6) is -1.93. The summed E-state index contributed by atoms with van der Waals surface area (Å²) in [5.41, 5.74) is 6.37. The van der Waals surface area contributed by atoms with Crippen LogP contribution in [0.1, 0.15) is 10.4 Å². The summed E-state index contributed by atoms with van der Waals surface area (Å²) in [7, 11) is 0. The van der Waals surface area contributed by atoms with Gasteiger partial charge in [-0.25, -0.2) is 0 Å². The average Bonchev–Trinajstić information content (AvgIpc) is 2.52. The number of aliphatic imine (C=N–C) groups is 1. The minimum Gasteiger partial charge on any atom is -0.369 e. The molecule has 0 bridgehead atoms. The molecule has 0 spiro atoms. The lowest BCUT2D eigenvalue weighted by Crippen LogP contribution is -2.33. The van der Waals surface area contributed by atoms with Gasteiger partial charge in [0.15, 0.2) is 5.78 Å². The standard InChI is InChI=1S/C18H12N2O2/c19-18(22)14-9-20-15-6-5-12-7-10-3-1-2-4-11(10)8-13(12)16(15)17(14)21/h1-9,14H,(H2,19,22). The van der Waals surface area contributed by atoms with Crippen molar-refractivity contribution in [3.8, 4) is 0 Å². The van der Waals surface area contributed by atoms with Crippen LogP contribution in [0.4, 0.5) is 5.69 Å². The summed E-state index contributed by atoms with van der Waals surface area (Å²) in [6.45, 7) is 0. The summed E-state index contributed by atoms with van der Waals surface area (Å²) in [4.78, 5) is 28.3. The van der Waals surface area contributed by atoms with Crippen LogP contribution in [0.2, 0.25) is 0 Å². The molecule has 4 rings (SSSR count). The van der Waals surface area contributed by atoms with Crippen LogP contribution in [-0.4, -0.2) is 17.9 Å². The zero-order chi connectivity index (χ0) is 15.3. The number of carbonyl (C=O) groups excluding carboxylic acids is 2. The number of fused-ring (bicyclic) bond motifs is 4. The quantitative estimate of drug-likeness (QED) is 0.552. The monoisotopic (exact) mass is 288 g/mol. The molecule has 1 aliphatic heterocycles. The van der Waals surface area contributed by atoms with Crippen molar-refractivity contribution in [2.75, 3.05) is 0 Å². The lowest BCUT2D eigenvalue weighted by atomic mass is 9.89. The zero-order valence-corrected chi connectivity index (χ0v) is 11.6. The minimum absolute atomic E-state index is 0.279. The van der Waals surface area contributed by atoms with Gasteiger partial charge in [0.05, 0.1) is 11.3 Å². The van der Waals surface area contributed by atoms with Crippen molar-refractivity contribution in [2.24, 2.45) is 16.6 Å². The summed E-state index contributed by atoms with van der Waals surface area (Å²) < 4.78 is 0. The third kappa shape index (κ3) is 1.74. The Morgan fingerprint density at radius 1 is 1.00 bits per heavy atom. The number of primary amides is 1. The van der Waals surface area contributed by atoms with E-state index < -0.39 is 11.8 Å². The van der Waals surface area contributed by atoms with Gasteiger partial charge in [-0.3, -0.25) is 14.6 Å². The van der Waals surface area contributed by atoms with Gasteiger partial charge in [0.2, 0.25) is 5.91 Å². The Balaban J connectivity index is 2.07. The molecule has 1 atom stereocenters. The fourth-order valence-electron chi connectivity index (χ4n) is 2.95. The minimum atomic E-state index is -0.982. The number of hydrogen-bond donors (Lipinski definition) is 1. The highest BCUT2D eigenvalue weighted by molar-refractivity contribution is 6.27. The Labute approximate surface area is 126 Å². The van der Waals surface area contributed by atoms with Crippen LogP contribution in [0.3, 0.4) is 0 Å². The first-order valence-electron chi connectivity index (χ1n) is 6.98. The summed E-state index contributed by atoms with van der Waals surface area (Å²) in [5, 5.41) is 3.91. The molecule has 1 amide bonds. The van der Waals surface area contributed by atoms with Gasteiger partial charge in [-0.1, -0.05) is 30.3 Å². The van der Waals surface area contributed by atoms with Crippen molar-refractivity contribution < 1.29 is 9.59 Å². The van der Waals surface area contributed by atoms with Crippen LogP contribution in [0.25, 0.3) is 21.5 Å². The predicted octanol–water partition coefficient (Wildman–Crippen LogP) is 2.99. The number of amides is 1. The third-order valence-electron chi connectivity index (χ3n) is 4.06. The first-order chi connectivity index (χ1) is 10.6. The average molecular weight is 288 g/mol. The van der Waals surface area contributed by atoms with Crippen molar-refractivity contribution in [1.29, 1.82) is 0 Å². The number of nitrogens with two attached hydrogens (primary N) is 1. The third-order valence-corrected chi connectivity index (χ3v) is 4.06. The van der Waals surface area contributed by atoms with Gasteiger partial charge in [0.25, 0.3) is 0 Å². The molecule has 0 saturated heterocycles. The van der Waals surface area contributed by atoms with Gasteiger partial charge < -0.3 is 5.73 Å². The molecule has 3 aromatic carbocycles. The number of benzene rings is 3. The lowest BCUT2D eigenvalue weighted by molar-refractivity contribution is -0.118. The maximum atomic E-state index is 12.6. The van der Waals surface area contributed by atoms with E-state index in [1.807, 2.05) is 42.5 Å². The smallest absolute Gasteiger partial charge is 0.233 e. The van der Waals surface area contributed by atoms with Crippen molar-refractivity contribution in [1.82, 2.24) is 0 Å². The highest BCUT2D eigenvalue weighted by Gasteiger charge is 2.30. The molecule has 0 saturated carbocycles. The van der Waals surface area contributed by atoms with E-state index in [0.29, 0.717) is 11.3 Å². The molecule has 0 aromatic heterocycles. The summed E-state index contributed by atoms with van der Waals surface area (Å²) in [6, 6.07) is 15.7. The largest absolute Gasteiger partial charge is 0.369 e. The van der Waals surface area contributed by atoms with Gasteiger partial charge in [-0.2, -0.15) is 0 Å². The van der Waals surface area contributed by atoms with Gasteiger partial charge in [-0.15, -0.1) is 0 Å². The van der Waals surface area contributed by atoms with Crippen LogP contribution < -0.4 is 5.73 Å². The molecule has 4 nitrogen and oxygen atoms in total. The Kier molecular flexibility index (Phi) is 2.60. The molecule has 0 aliphatic carbocycles. The second kappa shape index (κ2) is 4.49. The molecule has 1 aliphatic rings. The van der Waals surface area contributed by atoms with E-state index in [2.05, 4.69) is 4.99 Å². The van der Waals surface area contributed by atoms with Crippen molar-refractivity contribution in [3.05, 3.63) is 54.1 Å². The van der Waals surface area contributed by atoms with Crippen LogP contribution in [0, 0.1) is 5.92 Å². The van der Waals surface area contributed by atoms with E-state index in [9.17, 15) is 9.59 Å². The molecule has 1 unspecified atom stereocenters. The van der Waals surface area contributed by atoms with E-state index in [4.69, 9.17) is 5.73 Å². The molecular weight excluding hydrogens is 276 g/mol. The SMILES string of the molecule is NC(=O)C1C=Nc2ccc3cc4ccccc4cc3c2C1=O. The number of carbonyl (C=O) groups is 2. The molecule has 106 valence electrons. The Hall–Kier alpha value is -3.01. The van der Waals surface area contributed by atoms with E-state index >= 15 is 0 Å². The number of rotatable bonds is 1. The van der Waals surface area contributed by atoms with Crippen molar-refractivity contribution in [3.63, 3.8) is 0 Å². The van der Waals surface area contributed by atoms with E-state index in [-0.39, 0.29) is 5.78 Å². The molecule has 22 heavy (non-hydrogen) atoms. The van der Waals surface area contributed by atoms with E-state index in [1.165, 1.54) is 6.21 Å². The maximum Gasteiger partial charge on any atom is 0.233 e. The number of Topliss-reactive ketones (excluding diaryl/α,β-unsaturated/α-hetero) is 1. The summed E-state index contributed by atoms with van der Waals surface area (Å²) in [6.07, 6.45) is 1.33. The lowest BCUT2D eigenvalue weighted by Gasteiger charge is -2.17. The van der Waals surface area contributed by atoms with Gasteiger partial charge in [-0.05, 0) is 39.7 Å². The molecule has 2 N–H and O–H groups in total. The molecule has 4 heteroatoms. The van der Waals surface area contributed by atoms with Crippen LogP contribution in [0.5, 0.6) is 0 Å². The molecule has 0 fully saturated rings. The normalized spacial score (nSPS) is 16.9. The summed E-state index contributed by atoms with van der Waals surface area (Å²) >= 11 is 0. The fraction of sp³-hybridized carbons (Fsp3) is 0.0556. The Morgan fingerprint density at radius 3 is 2.45 bits per heavy atom. The predicted molar refractivity (Wildman–Crippen MR) is 86.6 cm³/mol. The molecule has 3 aromatic rings. The topological polar surface area (TPSA) is 72.5 Å². The Bertz CT molecular complexity index is 989. The second-order valence-electron chi connectivity index (χ2n) is 5.40. The fourth-order valence-corrected chi connectivity index (χ4v) is 2.95. The van der Waals surface area contributed by atoms with Crippen molar-refractivity contribution >= 4 is 45.1 Å². The molecule has 0 radical (unpaired) electrons. The van der Waals surface area contributed by atoms with Crippen molar-refractivity contribution in [2.45, 2.75) is 0 Å². The highest BCUT2D eigenvalue weighted by atomic mass is 16.2. The van der Waals surface area contributed by atoms with Gasteiger partial charge in [0, 0.05) is 6.21 Å². The van der Waals surface area contributed by atoms with Crippen LogP contribution in [0.15, 0.2) is 53.5 Å². The molecular formula is C18H12N2O2. The second-order valence-corrected chi connectivity index (χ2v) is 5.40.